The number of fused-ring (bicyclic) bond motifs is 1. The first-order valence-electron chi connectivity index (χ1n) is 5.67. The first-order chi connectivity index (χ1) is 9.13. The van der Waals surface area contributed by atoms with Crippen molar-refractivity contribution in [3.05, 3.63) is 40.4 Å². The van der Waals surface area contributed by atoms with Gasteiger partial charge in [-0.05, 0) is 12.1 Å². The lowest BCUT2D eigenvalue weighted by Gasteiger charge is -2.06. The van der Waals surface area contributed by atoms with Gasteiger partial charge in [0.2, 0.25) is 0 Å². The molecule has 0 aliphatic rings. The molecule has 7 nitrogen and oxygen atoms in total. The Morgan fingerprint density at radius 1 is 1.53 bits per heavy atom. The van der Waals surface area contributed by atoms with Crippen molar-refractivity contribution in [2.45, 2.75) is 0 Å². The molecule has 2 aromatic rings. The fraction of sp³-hybridized carbons (Fsp3) is 0.250. The number of hydrogen-bond donors (Lipinski definition) is 2. The van der Waals surface area contributed by atoms with Crippen LogP contribution >= 0.6 is 0 Å². The fourth-order valence-corrected chi connectivity index (χ4v) is 1.59. The molecule has 0 unspecified atom stereocenters. The molecule has 2 aromatic heterocycles. The number of nitrogen functional groups attached to an aromatic ring is 1. The van der Waals surface area contributed by atoms with Crippen molar-refractivity contribution in [3.8, 4) is 0 Å². The summed E-state index contributed by atoms with van der Waals surface area (Å²) in [6, 6.07) is 3.19. The number of anilines is 1. The van der Waals surface area contributed by atoms with Crippen molar-refractivity contribution in [1.29, 1.82) is 0 Å². The summed E-state index contributed by atoms with van der Waals surface area (Å²) < 4.78 is 6.09. The largest absolute Gasteiger partial charge is 0.393 e. The van der Waals surface area contributed by atoms with Gasteiger partial charge < -0.3 is 15.8 Å². The summed E-state index contributed by atoms with van der Waals surface area (Å²) in [6.45, 7) is 0.825. The summed E-state index contributed by atoms with van der Waals surface area (Å²) >= 11 is 0. The average molecular weight is 262 g/mol. The van der Waals surface area contributed by atoms with E-state index in [9.17, 15) is 9.59 Å². The van der Waals surface area contributed by atoms with Crippen LogP contribution in [0.25, 0.3) is 5.65 Å². The minimum absolute atomic E-state index is 0.0365. The summed E-state index contributed by atoms with van der Waals surface area (Å²) in [5.74, 6) is -0.284. The van der Waals surface area contributed by atoms with E-state index in [-0.39, 0.29) is 11.6 Å². The number of rotatable bonds is 4. The number of nitrogens with two attached hydrogens (primary N) is 1. The Morgan fingerprint density at radius 3 is 3.05 bits per heavy atom. The Bertz CT molecular complexity index is 666. The van der Waals surface area contributed by atoms with Gasteiger partial charge in [0, 0.05) is 19.9 Å². The number of carbonyl (C=O) groups excluding carboxylic acids is 1. The molecular formula is C12H14N4O3. The van der Waals surface area contributed by atoms with E-state index in [4.69, 9.17) is 10.5 Å². The highest BCUT2D eigenvalue weighted by Gasteiger charge is 2.08. The van der Waals surface area contributed by atoms with Gasteiger partial charge in [0.15, 0.2) is 0 Å². The Labute approximate surface area is 109 Å². The molecule has 0 aliphatic carbocycles. The summed E-state index contributed by atoms with van der Waals surface area (Å²) in [4.78, 5) is 27.6. The van der Waals surface area contributed by atoms with Gasteiger partial charge in [-0.15, -0.1) is 0 Å². The van der Waals surface area contributed by atoms with Gasteiger partial charge in [-0.2, -0.15) is 0 Å². The molecule has 0 aromatic carbocycles. The van der Waals surface area contributed by atoms with E-state index in [2.05, 4.69) is 10.3 Å². The summed E-state index contributed by atoms with van der Waals surface area (Å²) in [5.41, 5.74) is 5.94. The van der Waals surface area contributed by atoms with Gasteiger partial charge in [-0.25, -0.2) is 4.98 Å². The third-order valence-corrected chi connectivity index (χ3v) is 2.58. The third kappa shape index (κ3) is 2.71. The Hall–Kier alpha value is -2.41. The predicted octanol–water partition coefficient (Wildman–Crippen LogP) is -0.347. The molecule has 19 heavy (non-hydrogen) atoms. The molecule has 0 atom stereocenters. The number of pyridine rings is 1. The lowest BCUT2D eigenvalue weighted by molar-refractivity contribution is 0.0936. The summed E-state index contributed by atoms with van der Waals surface area (Å²) in [6.07, 6.45) is 2.72. The number of nitrogens with one attached hydrogen (secondary N) is 1. The van der Waals surface area contributed by atoms with E-state index < -0.39 is 5.56 Å². The van der Waals surface area contributed by atoms with E-state index in [1.807, 2.05) is 0 Å². The van der Waals surface area contributed by atoms with E-state index in [0.29, 0.717) is 24.4 Å². The maximum atomic E-state index is 11.8. The maximum Gasteiger partial charge on any atom is 0.281 e. The first kappa shape index (κ1) is 13.0. The van der Waals surface area contributed by atoms with Gasteiger partial charge in [0.25, 0.3) is 11.5 Å². The van der Waals surface area contributed by atoms with Crippen LogP contribution in [0.3, 0.4) is 0 Å². The van der Waals surface area contributed by atoms with E-state index in [1.54, 1.807) is 19.2 Å². The Morgan fingerprint density at radius 2 is 2.32 bits per heavy atom. The number of hydrogen-bond acceptors (Lipinski definition) is 5. The van der Waals surface area contributed by atoms with Crippen LogP contribution in [0.4, 0.5) is 5.69 Å². The molecule has 0 radical (unpaired) electrons. The molecule has 0 bridgehead atoms. The molecule has 7 heteroatoms. The molecule has 0 fully saturated rings. The standard InChI is InChI=1S/C12H14N4O3/c1-19-5-4-14-11(17)8-2-3-10-15-6-9(13)12(18)16(10)7-8/h2-3,6-7H,4-5,13H2,1H3,(H,14,17). The number of methoxy groups -OCH3 is 1. The quantitative estimate of drug-likeness (QED) is 0.734. The zero-order chi connectivity index (χ0) is 13.8. The average Bonchev–Trinajstić information content (AvgIpc) is 2.43. The van der Waals surface area contributed by atoms with E-state index >= 15 is 0 Å². The summed E-state index contributed by atoms with van der Waals surface area (Å²) in [5, 5.41) is 2.67. The third-order valence-electron chi connectivity index (χ3n) is 2.58. The van der Waals surface area contributed by atoms with Gasteiger partial charge in [0.05, 0.1) is 18.4 Å². The number of ether oxygens (including phenoxy) is 1. The lowest BCUT2D eigenvalue weighted by atomic mass is 10.2. The topological polar surface area (TPSA) is 98.7 Å². The van der Waals surface area contributed by atoms with Crippen molar-refractivity contribution in [1.82, 2.24) is 14.7 Å². The second-order valence-electron chi connectivity index (χ2n) is 3.91. The number of amides is 1. The highest BCUT2D eigenvalue weighted by Crippen LogP contribution is 2.03. The smallest absolute Gasteiger partial charge is 0.281 e. The van der Waals surface area contributed by atoms with E-state index in [1.165, 1.54) is 16.8 Å². The van der Waals surface area contributed by atoms with Crippen LogP contribution in [0.2, 0.25) is 0 Å². The molecule has 0 saturated carbocycles. The molecule has 3 N–H and O–H groups in total. The van der Waals surface area contributed by atoms with E-state index in [0.717, 1.165) is 0 Å². The molecule has 0 spiro atoms. The van der Waals surface area contributed by atoms with Crippen molar-refractivity contribution >= 4 is 17.2 Å². The Balaban J connectivity index is 2.33. The van der Waals surface area contributed by atoms with Crippen LogP contribution in [0.15, 0.2) is 29.3 Å². The van der Waals surface area contributed by atoms with Crippen LogP contribution in [0, 0.1) is 0 Å². The van der Waals surface area contributed by atoms with Gasteiger partial charge in [-0.3, -0.25) is 14.0 Å². The first-order valence-corrected chi connectivity index (χ1v) is 5.67. The predicted molar refractivity (Wildman–Crippen MR) is 70.1 cm³/mol. The van der Waals surface area contributed by atoms with Gasteiger partial charge in [0.1, 0.15) is 11.3 Å². The Kier molecular flexibility index (Phi) is 3.76. The zero-order valence-electron chi connectivity index (χ0n) is 10.4. The highest BCUT2D eigenvalue weighted by molar-refractivity contribution is 5.94. The molecular weight excluding hydrogens is 248 g/mol. The van der Waals surface area contributed by atoms with Crippen molar-refractivity contribution in [3.63, 3.8) is 0 Å². The second-order valence-corrected chi connectivity index (χ2v) is 3.91. The SMILES string of the molecule is COCCNC(=O)c1ccc2ncc(N)c(=O)n2c1. The number of carbonyl (C=O) groups is 1. The monoisotopic (exact) mass is 262 g/mol. The van der Waals surface area contributed by atoms with Gasteiger partial charge >= 0.3 is 0 Å². The fourth-order valence-electron chi connectivity index (χ4n) is 1.59. The number of nitrogens with zero attached hydrogens (tertiary/aromatic N) is 2. The minimum atomic E-state index is -0.392. The molecule has 1 amide bonds. The summed E-state index contributed by atoms with van der Waals surface area (Å²) in [7, 11) is 1.55. The van der Waals surface area contributed by atoms with Crippen LogP contribution in [0.1, 0.15) is 10.4 Å². The lowest BCUT2D eigenvalue weighted by Crippen LogP contribution is -2.28. The van der Waals surface area contributed by atoms with Crippen LogP contribution in [-0.4, -0.2) is 35.6 Å². The van der Waals surface area contributed by atoms with Crippen LogP contribution < -0.4 is 16.6 Å². The molecule has 100 valence electrons. The molecule has 2 rings (SSSR count). The van der Waals surface area contributed by atoms with Gasteiger partial charge in [-0.1, -0.05) is 0 Å². The molecule has 0 saturated heterocycles. The zero-order valence-corrected chi connectivity index (χ0v) is 10.4. The molecule has 0 aliphatic heterocycles. The van der Waals surface area contributed by atoms with Crippen molar-refractivity contribution < 1.29 is 9.53 Å². The maximum absolute atomic E-state index is 11.8. The van der Waals surface area contributed by atoms with Crippen LogP contribution in [-0.2, 0) is 4.74 Å². The van der Waals surface area contributed by atoms with Crippen LogP contribution in [0.5, 0.6) is 0 Å². The van der Waals surface area contributed by atoms with Crippen molar-refractivity contribution in [2.24, 2.45) is 0 Å². The normalized spacial score (nSPS) is 10.6. The number of aromatic nitrogens is 2. The molecule has 2 heterocycles. The minimum Gasteiger partial charge on any atom is -0.393 e. The highest BCUT2D eigenvalue weighted by atomic mass is 16.5. The second kappa shape index (κ2) is 5.49. The van der Waals surface area contributed by atoms with Crippen molar-refractivity contribution in [2.75, 3.05) is 26.0 Å².